The van der Waals surface area contributed by atoms with Gasteiger partial charge in [0.25, 0.3) is 0 Å². The number of hydrogen-bond acceptors (Lipinski definition) is 3. The number of amides is 1. The second-order valence-electron chi connectivity index (χ2n) is 5.47. The number of nitrogens with one attached hydrogen (secondary N) is 1. The average molecular weight is 261 g/mol. The van der Waals surface area contributed by atoms with Gasteiger partial charge in [0.05, 0.1) is 6.54 Å². The molecule has 0 aliphatic heterocycles. The third kappa shape index (κ3) is 3.78. The lowest BCUT2D eigenvalue weighted by molar-refractivity contribution is -0.118. The van der Waals surface area contributed by atoms with Crippen LogP contribution in [0.4, 0.5) is 0 Å². The van der Waals surface area contributed by atoms with Crippen LogP contribution >= 0.6 is 0 Å². The Morgan fingerprint density at radius 3 is 2.95 bits per heavy atom. The van der Waals surface area contributed by atoms with Crippen molar-refractivity contribution in [3.05, 3.63) is 34.9 Å². The normalized spacial score (nSPS) is 18.4. The van der Waals surface area contributed by atoms with Crippen LogP contribution in [-0.2, 0) is 24.2 Å². The molecule has 1 aromatic rings. The maximum Gasteiger partial charge on any atom is 0.231 e. The van der Waals surface area contributed by atoms with Gasteiger partial charge < -0.3 is 11.1 Å². The van der Waals surface area contributed by atoms with E-state index < -0.39 is 0 Å². The molecule has 0 radical (unpaired) electrons. The van der Waals surface area contributed by atoms with Crippen molar-refractivity contribution < 1.29 is 4.79 Å². The van der Waals surface area contributed by atoms with Crippen molar-refractivity contribution in [1.82, 2.24) is 10.2 Å². The van der Waals surface area contributed by atoms with Crippen molar-refractivity contribution >= 4 is 5.91 Å². The fourth-order valence-corrected chi connectivity index (χ4v) is 2.79. The number of primary amides is 1. The lowest BCUT2D eigenvalue weighted by Gasteiger charge is -2.25. The van der Waals surface area contributed by atoms with E-state index in [0.717, 1.165) is 19.4 Å². The molecule has 4 heteroatoms. The monoisotopic (exact) mass is 261 g/mol. The molecule has 0 spiro atoms. The van der Waals surface area contributed by atoms with Gasteiger partial charge in [0.1, 0.15) is 0 Å². The lowest BCUT2D eigenvalue weighted by atomic mass is 9.87. The van der Waals surface area contributed by atoms with Crippen LogP contribution in [0, 0.1) is 0 Å². The largest absolute Gasteiger partial charge is 0.369 e. The molecule has 3 N–H and O–H groups in total. The van der Waals surface area contributed by atoms with E-state index in [4.69, 9.17) is 5.73 Å². The molecular formula is C15H23N3O. The number of nitrogens with two attached hydrogens (primary N) is 1. The molecule has 1 atom stereocenters. The fourth-order valence-electron chi connectivity index (χ4n) is 2.79. The minimum atomic E-state index is -0.280. The summed E-state index contributed by atoms with van der Waals surface area (Å²) in [6.45, 7) is 1.07. The van der Waals surface area contributed by atoms with Gasteiger partial charge in [-0.2, -0.15) is 0 Å². The summed E-state index contributed by atoms with van der Waals surface area (Å²) in [5.41, 5.74) is 9.36. The third-order valence-electron chi connectivity index (χ3n) is 3.79. The predicted octanol–water partition coefficient (Wildman–Crippen LogP) is 0.680. The second-order valence-corrected chi connectivity index (χ2v) is 5.47. The van der Waals surface area contributed by atoms with Crippen LogP contribution in [0.3, 0.4) is 0 Å². The number of aryl methyl sites for hydroxylation is 1. The van der Waals surface area contributed by atoms with Crippen molar-refractivity contribution in [2.45, 2.75) is 31.8 Å². The molecule has 0 heterocycles. The molecule has 19 heavy (non-hydrogen) atoms. The number of nitrogens with zero attached hydrogens (tertiary/aromatic N) is 1. The molecule has 2 rings (SSSR count). The molecule has 4 nitrogen and oxygen atoms in total. The molecule has 0 fully saturated rings. The fraction of sp³-hybridized carbons (Fsp3) is 0.533. The van der Waals surface area contributed by atoms with E-state index in [1.54, 1.807) is 0 Å². The number of fused-ring (bicyclic) bond motifs is 1. The highest BCUT2D eigenvalue weighted by Crippen LogP contribution is 2.23. The smallest absolute Gasteiger partial charge is 0.231 e. The first-order valence-corrected chi connectivity index (χ1v) is 6.83. The summed E-state index contributed by atoms with van der Waals surface area (Å²) in [5, 5.41) is 3.35. The van der Waals surface area contributed by atoms with Gasteiger partial charge in [-0.3, -0.25) is 9.69 Å². The van der Waals surface area contributed by atoms with Crippen molar-refractivity contribution in [1.29, 1.82) is 0 Å². The zero-order valence-electron chi connectivity index (χ0n) is 11.8. The molecule has 0 saturated heterocycles. The van der Waals surface area contributed by atoms with Crippen LogP contribution < -0.4 is 11.1 Å². The second kappa shape index (κ2) is 6.17. The summed E-state index contributed by atoms with van der Waals surface area (Å²) in [7, 11) is 3.95. The van der Waals surface area contributed by atoms with Gasteiger partial charge in [-0.25, -0.2) is 0 Å². The standard InChI is InChI=1S/C15H23N3O/c1-17-14-6-5-12-7-11(3-4-13(12)8-14)9-18(2)10-15(16)19/h3-4,7,14,17H,5-6,8-10H2,1-2H3,(H2,16,19). The first-order valence-electron chi connectivity index (χ1n) is 6.83. The van der Waals surface area contributed by atoms with Gasteiger partial charge in [0.2, 0.25) is 5.91 Å². The number of benzene rings is 1. The van der Waals surface area contributed by atoms with Crippen LogP contribution in [0.5, 0.6) is 0 Å². The maximum absolute atomic E-state index is 10.9. The Balaban J connectivity index is 2.03. The summed E-state index contributed by atoms with van der Waals surface area (Å²) in [5.74, 6) is -0.280. The number of carbonyl (C=O) groups is 1. The summed E-state index contributed by atoms with van der Waals surface area (Å²) >= 11 is 0. The Labute approximate surface area is 115 Å². The lowest BCUT2D eigenvalue weighted by Crippen LogP contribution is -2.32. The summed E-state index contributed by atoms with van der Waals surface area (Å²) in [6.07, 6.45) is 3.45. The topological polar surface area (TPSA) is 58.4 Å². The van der Waals surface area contributed by atoms with Crippen molar-refractivity contribution in [2.24, 2.45) is 5.73 Å². The molecule has 0 aromatic heterocycles. The van der Waals surface area contributed by atoms with E-state index in [1.165, 1.54) is 23.1 Å². The highest BCUT2D eigenvalue weighted by molar-refractivity contribution is 5.75. The average Bonchev–Trinajstić information content (AvgIpc) is 2.37. The zero-order chi connectivity index (χ0) is 13.8. The minimum Gasteiger partial charge on any atom is -0.369 e. The van der Waals surface area contributed by atoms with Crippen molar-refractivity contribution in [3.8, 4) is 0 Å². The van der Waals surface area contributed by atoms with E-state index in [1.807, 2.05) is 19.0 Å². The minimum absolute atomic E-state index is 0.280. The summed E-state index contributed by atoms with van der Waals surface area (Å²) < 4.78 is 0. The SMILES string of the molecule is CNC1CCc2cc(CN(C)CC(N)=O)ccc2C1. The molecule has 0 saturated carbocycles. The maximum atomic E-state index is 10.9. The number of hydrogen-bond donors (Lipinski definition) is 2. The Bertz CT molecular complexity index is 459. The first kappa shape index (κ1) is 14.0. The molecule has 104 valence electrons. The molecule has 1 aliphatic carbocycles. The van der Waals surface area contributed by atoms with Crippen LogP contribution in [0.25, 0.3) is 0 Å². The molecule has 1 unspecified atom stereocenters. The Morgan fingerprint density at radius 1 is 1.47 bits per heavy atom. The highest BCUT2D eigenvalue weighted by Gasteiger charge is 2.17. The van der Waals surface area contributed by atoms with E-state index in [2.05, 4.69) is 23.5 Å². The van der Waals surface area contributed by atoms with Crippen LogP contribution in [-0.4, -0.2) is 37.5 Å². The predicted molar refractivity (Wildman–Crippen MR) is 76.8 cm³/mol. The summed E-state index contributed by atoms with van der Waals surface area (Å²) in [4.78, 5) is 12.8. The van der Waals surface area contributed by atoms with Crippen LogP contribution in [0.1, 0.15) is 23.1 Å². The van der Waals surface area contributed by atoms with E-state index in [0.29, 0.717) is 12.6 Å². The Kier molecular flexibility index (Phi) is 4.56. The number of carbonyl (C=O) groups excluding carboxylic acids is 1. The number of likely N-dealkylation sites (N-methyl/N-ethyl adjacent to an activating group) is 2. The Hall–Kier alpha value is -1.39. The van der Waals surface area contributed by atoms with E-state index in [9.17, 15) is 4.79 Å². The molecule has 0 bridgehead atoms. The number of rotatable bonds is 5. The van der Waals surface area contributed by atoms with Gasteiger partial charge in [-0.05, 0) is 50.0 Å². The molecule has 1 amide bonds. The molecule has 1 aromatic carbocycles. The van der Waals surface area contributed by atoms with Gasteiger partial charge in [0, 0.05) is 12.6 Å². The van der Waals surface area contributed by atoms with E-state index in [-0.39, 0.29) is 5.91 Å². The van der Waals surface area contributed by atoms with Crippen molar-refractivity contribution in [3.63, 3.8) is 0 Å². The zero-order valence-corrected chi connectivity index (χ0v) is 11.8. The molecule has 1 aliphatic rings. The van der Waals surface area contributed by atoms with Crippen LogP contribution in [0.15, 0.2) is 18.2 Å². The quantitative estimate of drug-likeness (QED) is 0.819. The van der Waals surface area contributed by atoms with Gasteiger partial charge in [-0.15, -0.1) is 0 Å². The van der Waals surface area contributed by atoms with E-state index >= 15 is 0 Å². The Morgan fingerprint density at radius 2 is 2.26 bits per heavy atom. The van der Waals surface area contributed by atoms with Crippen LogP contribution in [0.2, 0.25) is 0 Å². The third-order valence-corrected chi connectivity index (χ3v) is 3.79. The van der Waals surface area contributed by atoms with Gasteiger partial charge in [-0.1, -0.05) is 18.2 Å². The first-order chi connectivity index (χ1) is 9.08. The van der Waals surface area contributed by atoms with Crippen molar-refractivity contribution in [2.75, 3.05) is 20.6 Å². The highest BCUT2D eigenvalue weighted by atomic mass is 16.1. The summed E-state index contributed by atoms with van der Waals surface area (Å²) in [6, 6.07) is 7.27. The van der Waals surface area contributed by atoms with Gasteiger partial charge in [0.15, 0.2) is 0 Å². The van der Waals surface area contributed by atoms with Gasteiger partial charge >= 0.3 is 0 Å². The molecular weight excluding hydrogens is 238 g/mol.